The van der Waals surface area contributed by atoms with Crippen LogP contribution in [0.1, 0.15) is 39.0 Å². The van der Waals surface area contributed by atoms with Gasteiger partial charge in [-0.3, -0.25) is 14.5 Å². The molecule has 1 amide bonds. The molecular formula is C14H24N2O2. The Morgan fingerprint density at radius 2 is 2.17 bits per heavy atom. The fourth-order valence-corrected chi connectivity index (χ4v) is 3.22. The number of hydrogen-bond donors (Lipinski definition) is 0. The second-order valence-corrected chi connectivity index (χ2v) is 5.55. The number of carbonyl (C=O) groups is 2. The molecule has 2 unspecified atom stereocenters. The van der Waals surface area contributed by atoms with Gasteiger partial charge < -0.3 is 4.90 Å². The van der Waals surface area contributed by atoms with Gasteiger partial charge in [0.1, 0.15) is 5.78 Å². The Morgan fingerprint density at radius 1 is 1.39 bits per heavy atom. The Morgan fingerprint density at radius 3 is 2.78 bits per heavy atom. The van der Waals surface area contributed by atoms with Crippen LogP contribution in [0, 0.1) is 5.92 Å². The van der Waals surface area contributed by atoms with Gasteiger partial charge in [-0.1, -0.05) is 0 Å². The van der Waals surface area contributed by atoms with E-state index >= 15 is 0 Å². The molecule has 1 saturated carbocycles. The molecule has 0 aromatic carbocycles. The van der Waals surface area contributed by atoms with Crippen LogP contribution < -0.4 is 0 Å². The lowest BCUT2D eigenvalue weighted by Crippen LogP contribution is -2.44. The van der Waals surface area contributed by atoms with Crippen molar-refractivity contribution in [1.29, 1.82) is 0 Å². The average molecular weight is 252 g/mol. The summed E-state index contributed by atoms with van der Waals surface area (Å²) in [5.41, 5.74) is 0. The van der Waals surface area contributed by atoms with Crippen LogP contribution in [0.25, 0.3) is 0 Å². The van der Waals surface area contributed by atoms with Crippen LogP contribution in [-0.2, 0) is 9.59 Å². The molecule has 0 aromatic heterocycles. The summed E-state index contributed by atoms with van der Waals surface area (Å²) in [6.45, 7) is 4.19. The fourth-order valence-electron chi connectivity index (χ4n) is 3.22. The SMILES string of the molecule is CCN(C)C(=O)CN1CCCC1C1CCCC1=O. The highest BCUT2D eigenvalue weighted by Gasteiger charge is 2.38. The summed E-state index contributed by atoms with van der Waals surface area (Å²) in [5.74, 6) is 0.797. The molecule has 18 heavy (non-hydrogen) atoms. The Labute approximate surface area is 109 Å². The van der Waals surface area contributed by atoms with Crippen LogP contribution in [0.5, 0.6) is 0 Å². The molecule has 1 heterocycles. The van der Waals surface area contributed by atoms with Crippen molar-refractivity contribution in [3.05, 3.63) is 0 Å². The summed E-state index contributed by atoms with van der Waals surface area (Å²) < 4.78 is 0. The lowest BCUT2D eigenvalue weighted by molar-refractivity contribution is -0.132. The number of likely N-dealkylation sites (N-methyl/N-ethyl adjacent to an activating group) is 1. The van der Waals surface area contributed by atoms with Crippen LogP contribution in [0.15, 0.2) is 0 Å². The quantitative estimate of drug-likeness (QED) is 0.757. The molecule has 0 bridgehead atoms. The number of ketones is 1. The minimum Gasteiger partial charge on any atom is -0.345 e. The zero-order valence-electron chi connectivity index (χ0n) is 11.5. The Kier molecular flexibility index (Phi) is 4.38. The number of Topliss-reactive ketones (excluding diaryl/α,β-unsaturated/α-hetero) is 1. The van der Waals surface area contributed by atoms with Gasteiger partial charge in [-0.05, 0) is 39.2 Å². The highest BCUT2D eigenvalue weighted by atomic mass is 16.2. The van der Waals surface area contributed by atoms with Crippen molar-refractivity contribution in [2.75, 3.05) is 26.7 Å². The molecule has 2 fully saturated rings. The van der Waals surface area contributed by atoms with Crippen molar-refractivity contribution in [2.45, 2.75) is 45.1 Å². The third kappa shape index (κ3) is 2.74. The summed E-state index contributed by atoms with van der Waals surface area (Å²) in [5, 5.41) is 0. The molecular weight excluding hydrogens is 228 g/mol. The molecule has 4 nitrogen and oxygen atoms in total. The number of amides is 1. The molecule has 0 radical (unpaired) electrons. The van der Waals surface area contributed by atoms with Gasteiger partial charge in [-0.15, -0.1) is 0 Å². The molecule has 2 atom stereocenters. The average Bonchev–Trinajstić information content (AvgIpc) is 2.96. The van der Waals surface area contributed by atoms with Gasteiger partial charge >= 0.3 is 0 Å². The van der Waals surface area contributed by atoms with E-state index in [1.807, 2.05) is 14.0 Å². The highest BCUT2D eigenvalue weighted by molar-refractivity contribution is 5.84. The van der Waals surface area contributed by atoms with Gasteiger partial charge in [-0.25, -0.2) is 0 Å². The number of carbonyl (C=O) groups excluding carboxylic acids is 2. The zero-order chi connectivity index (χ0) is 13.1. The van der Waals surface area contributed by atoms with Crippen LogP contribution in [-0.4, -0.2) is 54.2 Å². The van der Waals surface area contributed by atoms with Crippen molar-refractivity contribution in [2.24, 2.45) is 5.92 Å². The summed E-state index contributed by atoms with van der Waals surface area (Å²) in [7, 11) is 1.84. The van der Waals surface area contributed by atoms with Gasteiger partial charge in [-0.2, -0.15) is 0 Å². The van der Waals surface area contributed by atoms with E-state index in [9.17, 15) is 9.59 Å². The number of hydrogen-bond acceptors (Lipinski definition) is 3. The van der Waals surface area contributed by atoms with Gasteiger partial charge in [0.05, 0.1) is 6.54 Å². The van der Waals surface area contributed by atoms with Crippen molar-refractivity contribution in [3.8, 4) is 0 Å². The first kappa shape index (κ1) is 13.5. The largest absolute Gasteiger partial charge is 0.345 e. The number of rotatable bonds is 4. The molecule has 0 aromatic rings. The van der Waals surface area contributed by atoms with Crippen LogP contribution in [0.4, 0.5) is 0 Å². The standard InChI is InChI=1S/C14H24N2O2/c1-3-15(2)14(18)10-16-9-5-7-12(16)11-6-4-8-13(11)17/h11-12H,3-10H2,1-2H3. The topological polar surface area (TPSA) is 40.6 Å². The summed E-state index contributed by atoms with van der Waals surface area (Å²) in [6, 6.07) is 0.328. The van der Waals surface area contributed by atoms with Gasteiger partial charge in [0.25, 0.3) is 0 Å². The molecule has 1 aliphatic carbocycles. The van der Waals surface area contributed by atoms with E-state index in [2.05, 4.69) is 4.90 Å². The van der Waals surface area contributed by atoms with E-state index in [4.69, 9.17) is 0 Å². The predicted octanol–water partition coefficient (Wildman–Crippen LogP) is 1.30. The summed E-state index contributed by atoms with van der Waals surface area (Å²) in [4.78, 5) is 27.8. The van der Waals surface area contributed by atoms with Crippen LogP contribution in [0.3, 0.4) is 0 Å². The Hall–Kier alpha value is -0.900. The molecule has 1 aliphatic heterocycles. The first-order valence-corrected chi connectivity index (χ1v) is 7.14. The van der Waals surface area contributed by atoms with E-state index in [0.717, 1.165) is 45.2 Å². The number of nitrogens with zero attached hydrogens (tertiary/aromatic N) is 2. The van der Waals surface area contributed by atoms with Crippen LogP contribution in [0.2, 0.25) is 0 Å². The molecule has 2 aliphatic rings. The van der Waals surface area contributed by atoms with Crippen LogP contribution >= 0.6 is 0 Å². The Bertz CT molecular complexity index is 330. The molecule has 1 saturated heterocycles. The van der Waals surface area contributed by atoms with E-state index in [0.29, 0.717) is 18.4 Å². The smallest absolute Gasteiger partial charge is 0.236 e. The van der Waals surface area contributed by atoms with E-state index in [1.54, 1.807) is 4.90 Å². The minimum atomic E-state index is 0.176. The lowest BCUT2D eigenvalue weighted by Gasteiger charge is -2.29. The molecule has 0 spiro atoms. The third-order valence-corrected chi connectivity index (χ3v) is 4.47. The monoisotopic (exact) mass is 252 g/mol. The zero-order valence-corrected chi connectivity index (χ0v) is 11.5. The first-order valence-electron chi connectivity index (χ1n) is 7.14. The summed E-state index contributed by atoms with van der Waals surface area (Å²) >= 11 is 0. The van der Waals surface area contributed by atoms with Gasteiger partial charge in [0.15, 0.2) is 0 Å². The predicted molar refractivity (Wildman–Crippen MR) is 70.3 cm³/mol. The maximum atomic E-state index is 12.0. The maximum absolute atomic E-state index is 12.0. The fraction of sp³-hybridized carbons (Fsp3) is 0.857. The van der Waals surface area contributed by atoms with Crippen molar-refractivity contribution in [3.63, 3.8) is 0 Å². The number of likely N-dealkylation sites (tertiary alicyclic amines) is 1. The maximum Gasteiger partial charge on any atom is 0.236 e. The first-order chi connectivity index (χ1) is 8.63. The second kappa shape index (κ2) is 5.83. The molecule has 4 heteroatoms. The molecule has 2 rings (SSSR count). The second-order valence-electron chi connectivity index (χ2n) is 5.55. The minimum absolute atomic E-state index is 0.176. The van der Waals surface area contributed by atoms with Crippen molar-refractivity contribution >= 4 is 11.7 Å². The van der Waals surface area contributed by atoms with Crippen molar-refractivity contribution in [1.82, 2.24) is 9.80 Å². The van der Waals surface area contributed by atoms with E-state index in [1.165, 1.54) is 0 Å². The molecule has 0 N–H and O–H groups in total. The van der Waals surface area contributed by atoms with Gasteiger partial charge in [0, 0.05) is 32.0 Å². The van der Waals surface area contributed by atoms with E-state index < -0.39 is 0 Å². The lowest BCUT2D eigenvalue weighted by atomic mass is 9.95. The van der Waals surface area contributed by atoms with E-state index in [-0.39, 0.29) is 11.8 Å². The Balaban J connectivity index is 1.95. The summed E-state index contributed by atoms with van der Waals surface area (Å²) in [6.07, 6.45) is 5.02. The van der Waals surface area contributed by atoms with Gasteiger partial charge in [0.2, 0.25) is 5.91 Å². The normalized spacial score (nSPS) is 28.9. The highest BCUT2D eigenvalue weighted by Crippen LogP contribution is 2.33. The molecule has 102 valence electrons. The van der Waals surface area contributed by atoms with Crippen molar-refractivity contribution < 1.29 is 9.59 Å². The third-order valence-electron chi connectivity index (χ3n) is 4.47.